The van der Waals surface area contributed by atoms with E-state index < -0.39 is 0 Å². The van der Waals surface area contributed by atoms with Crippen molar-refractivity contribution in [2.24, 2.45) is 5.92 Å². The highest BCUT2D eigenvalue weighted by Gasteiger charge is 2.31. The molecule has 1 aliphatic carbocycles. The lowest BCUT2D eigenvalue weighted by molar-refractivity contribution is 0.155. The summed E-state index contributed by atoms with van der Waals surface area (Å²) in [5.74, 6) is 0.806. The van der Waals surface area contributed by atoms with Gasteiger partial charge in [0.2, 0.25) is 0 Å². The first-order valence-corrected chi connectivity index (χ1v) is 9.49. The van der Waals surface area contributed by atoms with Gasteiger partial charge in [-0.15, -0.1) is 0 Å². The van der Waals surface area contributed by atoms with Crippen LogP contribution in [-0.4, -0.2) is 48.1 Å². The summed E-state index contributed by atoms with van der Waals surface area (Å²) in [4.78, 5) is 2.83. The molecule has 2 fully saturated rings. The van der Waals surface area contributed by atoms with E-state index >= 15 is 0 Å². The summed E-state index contributed by atoms with van der Waals surface area (Å²) in [5, 5.41) is 4.65. The molecule has 1 N–H and O–H groups in total. The molecule has 1 heterocycles. The predicted octanol–water partition coefficient (Wildman–Crippen LogP) is 3.37. The lowest BCUT2D eigenvalue weighted by Crippen LogP contribution is -2.48. The van der Waals surface area contributed by atoms with Crippen LogP contribution in [-0.2, 0) is 0 Å². The van der Waals surface area contributed by atoms with Crippen LogP contribution < -0.4 is 5.32 Å². The number of hydrogen-bond donors (Lipinski definition) is 1. The molecule has 2 rings (SSSR count). The number of rotatable bonds is 4. The quantitative estimate of drug-likeness (QED) is 0.852. The molecule has 0 aromatic carbocycles. The van der Waals surface area contributed by atoms with E-state index in [4.69, 9.17) is 0 Å². The van der Waals surface area contributed by atoms with Crippen LogP contribution in [0.25, 0.3) is 0 Å². The number of thioether (sulfide) groups is 1. The van der Waals surface area contributed by atoms with Gasteiger partial charge < -0.3 is 5.32 Å². The Hall–Kier alpha value is 0.270. The summed E-state index contributed by atoms with van der Waals surface area (Å²) in [7, 11) is 0. The van der Waals surface area contributed by atoms with Crippen molar-refractivity contribution in [3.05, 3.63) is 0 Å². The van der Waals surface area contributed by atoms with E-state index in [0.717, 1.165) is 17.2 Å². The number of hydrogen-bond acceptors (Lipinski definition) is 3. The Balaban J connectivity index is 1.96. The molecule has 3 atom stereocenters. The third kappa shape index (κ3) is 4.64. The van der Waals surface area contributed by atoms with Crippen LogP contribution in [0.4, 0.5) is 0 Å². The molecule has 0 spiro atoms. The first-order chi connectivity index (χ1) is 9.20. The van der Waals surface area contributed by atoms with Crippen molar-refractivity contribution in [1.29, 1.82) is 0 Å². The standard InChI is InChI=1S/C16H32N2S/c1-13(2)11-14-12-18(10-6-9-17-14)15-7-4-5-8-16(15)19-3/h13-17H,4-12H2,1-3H3. The van der Waals surface area contributed by atoms with E-state index in [1.807, 2.05) is 0 Å². The summed E-state index contributed by atoms with van der Waals surface area (Å²) in [6, 6.07) is 1.56. The molecule has 0 bridgehead atoms. The van der Waals surface area contributed by atoms with Gasteiger partial charge in [-0.05, 0) is 50.9 Å². The predicted molar refractivity (Wildman–Crippen MR) is 87.0 cm³/mol. The van der Waals surface area contributed by atoms with Gasteiger partial charge in [0.05, 0.1) is 0 Å². The second-order valence-electron chi connectivity index (χ2n) is 6.76. The summed E-state index contributed by atoms with van der Waals surface area (Å²) in [5.41, 5.74) is 0. The van der Waals surface area contributed by atoms with Crippen molar-refractivity contribution in [1.82, 2.24) is 10.2 Å². The fourth-order valence-corrected chi connectivity index (χ4v) is 4.85. The smallest absolute Gasteiger partial charge is 0.0215 e. The normalized spacial score (nSPS) is 34.4. The summed E-state index contributed by atoms with van der Waals surface area (Å²) >= 11 is 2.11. The minimum absolute atomic E-state index is 0.715. The van der Waals surface area contributed by atoms with Crippen molar-refractivity contribution in [2.75, 3.05) is 25.9 Å². The third-order valence-electron chi connectivity index (χ3n) is 4.71. The summed E-state index contributed by atoms with van der Waals surface area (Å²) < 4.78 is 0. The van der Waals surface area contributed by atoms with Crippen LogP contribution in [0, 0.1) is 5.92 Å². The molecule has 0 radical (unpaired) electrons. The molecule has 0 amide bonds. The molecule has 3 heteroatoms. The molecule has 0 aromatic rings. The van der Waals surface area contributed by atoms with Gasteiger partial charge in [-0.2, -0.15) is 11.8 Å². The largest absolute Gasteiger partial charge is 0.313 e. The molecular weight excluding hydrogens is 252 g/mol. The summed E-state index contributed by atoms with van der Waals surface area (Å²) in [6.45, 7) is 8.50. The Kier molecular flexibility index (Phi) is 6.51. The molecule has 1 aliphatic heterocycles. The van der Waals surface area contributed by atoms with E-state index in [9.17, 15) is 0 Å². The molecule has 1 saturated heterocycles. The SMILES string of the molecule is CSC1CCCCC1N1CCCNC(CC(C)C)C1. The summed E-state index contributed by atoms with van der Waals surface area (Å²) in [6.07, 6.45) is 10.7. The number of nitrogens with one attached hydrogen (secondary N) is 1. The van der Waals surface area contributed by atoms with E-state index in [-0.39, 0.29) is 0 Å². The maximum atomic E-state index is 3.77. The van der Waals surface area contributed by atoms with Gasteiger partial charge in [-0.1, -0.05) is 26.7 Å². The monoisotopic (exact) mass is 284 g/mol. The Morgan fingerprint density at radius 1 is 1.21 bits per heavy atom. The van der Waals surface area contributed by atoms with Gasteiger partial charge >= 0.3 is 0 Å². The Labute approximate surface area is 124 Å². The average molecular weight is 285 g/mol. The van der Waals surface area contributed by atoms with E-state index in [0.29, 0.717) is 6.04 Å². The zero-order valence-electron chi connectivity index (χ0n) is 13.0. The van der Waals surface area contributed by atoms with Crippen LogP contribution in [0.2, 0.25) is 0 Å². The lowest BCUT2D eigenvalue weighted by Gasteiger charge is -2.40. The lowest BCUT2D eigenvalue weighted by atomic mass is 9.92. The molecule has 2 aliphatic rings. The van der Waals surface area contributed by atoms with Gasteiger partial charge in [0, 0.05) is 23.9 Å². The zero-order valence-corrected chi connectivity index (χ0v) is 13.8. The molecular formula is C16H32N2S. The van der Waals surface area contributed by atoms with Crippen LogP contribution >= 0.6 is 11.8 Å². The first kappa shape index (κ1) is 15.7. The maximum absolute atomic E-state index is 3.77. The van der Waals surface area contributed by atoms with Crippen LogP contribution in [0.3, 0.4) is 0 Å². The van der Waals surface area contributed by atoms with Crippen LogP contribution in [0.15, 0.2) is 0 Å². The van der Waals surface area contributed by atoms with Gasteiger partial charge in [0.1, 0.15) is 0 Å². The fourth-order valence-electron chi connectivity index (χ4n) is 3.83. The van der Waals surface area contributed by atoms with Crippen molar-refractivity contribution >= 4 is 11.8 Å². The second-order valence-corrected chi connectivity index (χ2v) is 7.83. The molecule has 3 unspecified atom stereocenters. The van der Waals surface area contributed by atoms with Gasteiger partial charge in [0.25, 0.3) is 0 Å². The van der Waals surface area contributed by atoms with Gasteiger partial charge in [-0.3, -0.25) is 4.90 Å². The fraction of sp³-hybridized carbons (Fsp3) is 1.00. The van der Waals surface area contributed by atoms with E-state index in [1.165, 1.54) is 58.2 Å². The van der Waals surface area contributed by atoms with Crippen molar-refractivity contribution < 1.29 is 0 Å². The third-order valence-corrected chi connectivity index (χ3v) is 5.86. The molecule has 112 valence electrons. The Morgan fingerprint density at radius 2 is 2.00 bits per heavy atom. The van der Waals surface area contributed by atoms with Gasteiger partial charge in [-0.25, -0.2) is 0 Å². The van der Waals surface area contributed by atoms with Crippen LogP contribution in [0.5, 0.6) is 0 Å². The highest BCUT2D eigenvalue weighted by Crippen LogP contribution is 2.31. The highest BCUT2D eigenvalue weighted by atomic mass is 32.2. The Morgan fingerprint density at radius 3 is 2.74 bits per heavy atom. The minimum atomic E-state index is 0.715. The van der Waals surface area contributed by atoms with E-state index in [2.05, 4.69) is 42.1 Å². The molecule has 2 nitrogen and oxygen atoms in total. The maximum Gasteiger partial charge on any atom is 0.0215 e. The van der Waals surface area contributed by atoms with Crippen molar-refractivity contribution in [2.45, 2.75) is 69.7 Å². The van der Waals surface area contributed by atoms with Crippen molar-refractivity contribution in [3.63, 3.8) is 0 Å². The minimum Gasteiger partial charge on any atom is -0.313 e. The zero-order chi connectivity index (χ0) is 13.7. The second kappa shape index (κ2) is 7.90. The van der Waals surface area contributed by atoms with Crippen LogP contribution in [0.1, 0.15) is 52.4 Å². The van der Waals surface area contributed by atoms with E-state index in [1.54, 1.807) is 0 Å². The number of nitrogens with zero attached hydrogens (tertiary/aromatic N) is 1. The Bertz CT molecular complexity index is 257. The molecule has 1 saturated carbocycles. The molecule has 19 heavy (non-hydrogen) atoms. The van der Waals surface area contributed by atoms with Gasteiger partial charge in [0.15, 0.2) is 0 Å². The molecule has 0 aromatic heterocycles. The van der Waals surface area contributed by atoms with Crippen molar-refractivity contribution in [3.8, 4) is 0 Å². The average Bonchev–Trinajstić information content (AvgIpc) is 2.63. The topological polar surface area (TPSA) is 15.3 Å². The first-order valence-electron chi connectivity index (χ1n) is 8.21. The highest BCUT2D eigenvalue weighted by molar-refractivity contribution is 7.99.